The van der Waals surface area contributed by atoms with Crippen LogP contribution in [-0.4, -0.2) is 12.9 Å². The topological polar surface area (TPSA) is 26.3 Å². The van der Waals surface area contributed by atoms with Crippen molar-refractivity contribution in [3.63, 3.8) is 0 Å². The quantitative estimate of drug-likeness (QED) is 0.785. The number of Topliss-reactive ketones (excluding diaryl/α,β-unsaturated/α-hetero) is 1. The molecule has 0 aliphatic rings. The normalized spacial score (nSPS) is 10.3. The first-order chi connectivity index (χ1) is 9.13. The number of hydrogen-bond acceptors (Lipinski definition) is 2. The van der Waals surface area contributed by atoms with Crippen LogP contribution in [0.3, 0.4) is 0 Å². The number of ketones is 1. The standard InChI is InChI=1S/C16H15ClO2/c1-11-15(19-2)9-8-13(16(11)17)14(18)10-12-6-4-3-5-7-12/h3-9H,10H2,1-2H3. The summed E-state index contributed by atoms with van der Waals surface area (Å²) < 4.78 is 5.18. The van der Waals surface area contributed by atoms with Gasteiger partial charge in [-0.1, -0.05) is 41.9 Å². The Balaban J connectivity index is 2.27. The molecule has 2 nitrogen and oxygen atoms in total. The number of carbonyl (C=O) groups excluding carboxylic acids is 1. The Morgan fingerprint density at radius 2 is 1.84 bits per heavy atom. The van der Waals surface area contributed by atoms with Gasteiger partial charge in [0.25, 0.3) is 0 Å². The Morgan fingerprint density at radius 3 is 2.47 bits per heavy atom. The molecule has 0 saturated heterocycles. The highest BCUT2D eigenvalue weighted by Gasteiger charge is 2.15. The summed E-state index contributed by atoms with van der Waals surface area (Å²) in [5.74, 6) is 0.711. The summed E-state index contributed by atoms with van der Waals surface area (Å²) in [7, 11) is 1.59. The smallest absolute Gasteiger partial charge is 0.168 e. The van der Waals surface area contributed by atoms with Crippen LogP contribution in [0.5, 0.6) is 5.75 Å². The molecule has 98 valence electrons. The number of benzene rings is 2. The number of methoxy groups -OCH3 is 1. The summed E-state index contributed by atoms with van der Waals surface area (Å²) in [6.07, 6.45) is 0.354. The van der Waals surface area contributed by atoms with Gasteiger partial charge in [0, 0.05) is 17.5 Å². The average molecular weight is 275 g/mol. The van der Waals surface area contributed by atoms with Gasteiger partial charge in [-0.2, -0.15) is 0 Å². The van der Waals surface area contributed by atoms with Crippen molar-refractivity contribution in [3.8, 4) is 5.75 Å². The van der Waals surface area contributed by atoms with E-state index in [1.54, 1.807) is 19.2 Å². The maximum Gasteiger partial charge on any atom is 0.168 e. The third-order valence-corrected chi connectivity index (χ3v) is 3.55. The lowest BCUT2D eigenvalue weighted by Gasteiger charge is -2.10. The lowest BCUT2D eigenvalue weighted by Crippen LogP contribution is -2.05. The third kappa shape index (κ3) is 2.96. The Labute approximate surface area is 118 Å². The maximum atomic E-state index is 12.3. The Kier molecular flexibility index (Phi) is 4.23. The molecule has 0 aliphatic heterocycles. The molecule has 2 rings (SSSR count). The fourth-order valence-corrected chi connectivity index (χ4v) is 2.24. The first-order valence-electron chi connectivity index (χ1n) is 6.03. The highest BCUT2D eigenvalue weighted by atomic mass is 35.5. The van der Waals surface area contributed by atoms with Crippen LogP contribution in [0.2, 0.25) is 5.02 Å². The van der Waals surface area contributed by atoms with Crippen molar-refractivity contribution in [3.05, 3.63) is 64.2 Å². The summed E-state index contributed by atoms with van der Waals surface area (Å²) in [5.41, 5.74) is 2.32. The van der Waals surface area contributed by atoms with Gasteiger partial charge >= 0.3 is 0 Å². The van der Waals surface area contributed by atoms with E-state index >= 15 is 0 Å². The largest absolute Gasteiger partial charge is 0.496 e. The first-order valence-corrected chi connectivity index (χ1v) is 6.41. The van der Waals surface area contributed by atoms with Crippen LogP contribution in [0.4, 0.5) is 0 Å². The highest BCUT2D eigenvalue weighted by Crippen LogP contribution is 2.29. The summed E-state index contributed by atoms with van der Waals surface area (Å²) in [5, 5.41) is 0.472. The number of hydrogen-bond donors (Lipinski definition) is 0. The number of ether oxygens (including phenoxy) is 1. The van der Waals surface area contributed by atoms with E-state index in [4.69, 9.17) is 16.3 Å². The van der Waals surface area contributed by atoms with Crippen LogP contribution in [0.15, 0.2) is 42.5 Å². The van der Waals surface area contributed by atoms with Crippen LogP contribution >= 0.6 is 11.6 Å². The zero-order valence-corrected chi connectivity index (χ0v) is 11.7. The van der Waals surface area contributed by atoms with Crippen molar-refractivity contribution in [1.29, 1.82) is 0 Å². The molecule has 3 heteroatoms. The predicted molar refractivity (Wildman–Crippen MR) is 77.2 cm³/mol. The summed E-state index contributed by atoms with van der Waals surface area (Å²) in [6, 6.07) is 13.1. The second-order valence-corrected chi connectivity index (χ2v) is 4.72. The molecule has 0 bridgehead atoms. The molecule has 0 aliphatic carbocycles. The van der Waals surface area contributed by atoms with E-state index < -0.39 is 0 Å². The number of carbonyl (C=O) groups is 1. The minimum Gasteiger partial charge on any atom is -0.496 e. The summed E-state index contributed by atoms with van der Waals surface area (Å²) in [6.45, 7) is 1.85. The molecule has 0 fully saturated rings. The molecule has 0 N–H and O–H groups in total. The van der Waals surface area contributed by atoms with Gasteiger partial charge in [-0.25, -0.2) is 0 Å². The van der Waals surface area contributed by atoms with Gasteiger partial charge in [0.1, 0.15) is 5.75 Å². The van der Waals surface area contributed by atoms with E-state index in [-0.39, 0.29) is 5.78 Å². The molecule has 0 amide bonds. The van der Waals surface area contributed by atoms with E-state index in [2.05, 4.69) is 0 Å². The van der Waals surface area contributed by atoms with E-state index in [9.17, 15) is 4.79 Å². The second kappa shape index (κ2) is 5.89. The average Bonchev–Trinajstić information content (AvgIpc) is 2.42. The van der Waals surface area contributed by atoms with Crippen molar-refractivity contribution in [1.82, 2.24) is 0 Å². The number of rotatable bonds is 4. The molecular formula is C16H15ClO2. The van der Waals surface area contributed by atoms with Crippen LogP contribution in [0.25, 0.3) is 0 Å². The molecule has 2 aromatic rings. The second-order valence-electron chi connectivity index (χ2n) is 4.34. The molecular weight excluding hydrogens is 260 g/mol. The van der Waals surface area contributed by atoms with E-state index in [1.165, 1.54) is 0 Å². The Bertz CT molecular complexity index is 591. The fourth-order valence-electron chi connectivity index (χ4n) is 1.98. The molecule has 0 unspecified atom stereocenters. The van der Waals surface area contributed by atoms with Gasteiger partial charge in [-0.15, -0.1) is 0 Å². The molecule has 2 aromatic carbocycles. The lowest BCUT2D eigenvalue weighted by molar-refractivity contribution is 0.0993. The van der Waals surface area contributed by atoms with Crippen LogP contribution in [0.1, 0.15) is 21.5 Å². The van der Waals surface area contributed by atoms with Gasteiger partial charge in [0.15, 0.2) is 5.78 Å². The molecule has 0 saturated carbocycles. The predicted octanol–water partition coefficient (Wildman–Crippen LogP) is 4.08. The summed E-state index contributed by atoms with van der Waals surface area (Å²) >= 11 is 6.24. The van der Waals surface area contributed by atoms with Crippen molar-refractivity contribution >= 4 is 17.4 Å². The highest BCUT2D eigenvalue weighted by molar-refractivity contribution is 6.35. The van der Waals surface area contributed by atoms with Crippen molar-refractivity contribution in [2.24, 2.45) is 0 Å². The van der Waals surface area contributed by atoms with Gasteiger partial charge in [0.2, 0.25) is 0 Å². The molecule has 0 atom stereocenters. The molecule has 19 heavy (non-hydrogen) atoms. The minimum absolute atomic E-state index is 0.0157. The molecule has 0 aromatic heterocycles. The molecule has 0 heterocycles. The lowest BCUT2D eigenvalue weighted by atomic mass is 10.0. The molecule has 0 radical (unpaired) electrons. The van der Waals surface area contributed by atoms with Crippen molar-refractivity contribution in [2.45, 2.75) is 13.3 Å². The Morgan fingerprint density at radius 1 is 1.16 bits per heavy atom. The zero-order valence-electron chi connectivity index (χ0n) is 10.9. The van der Waals surface area contributed by atoms with Gasteiger partial charge in [0.05, 0.1) is 12.1 Å². The van der Waals surface area contributed by atoms with Crippen molar-refractivity contribution < 1.29 is 9.53 Å². The van der Waals surface area contributed by atoms with Crippen LogP contribution in [0, 0.1) is 6.92 Å². The SMILES string of the molecule is COc1ccc(C(=O)Cc2ccccc2)c(Cl)c1C. The summed E-state index contributed by atoms with van der Waals surface area (Å²) in [4.78, 5) is 12.3. The van der Waals surface area contributed by atoms with Crippen LogP contribution < -0.4 is 4.74 Å². The number of halogens is 1. The monoisotopic (exact) mass is 274 g/mol. The van der Waals surface area contributed by atoms with Gasteiger partial charge < -0.3 is 4.74 Å². The van der Waals surface area contributed by atoms with Gasteiger partial charge in [-0.3, -0.25) is 4.79 Å². The third-order valence-electron chi connectivity index (χ3n) is 3.06. The fraction of sp³-hybridized carbons (Fsp3) is 0.188. The first kappa shape index (κ1) is 13.6. The zero-order chi connectivity index (χ0) is 13.8. The Hall–Kier alpha value is -1.80. The van der Waals surface area contributed by atoms with Crippen LogP contribution in [-0.2, 0) is 6.42 Å². The minimum atomic E-state index is 0.0157. The maximum absolute atomic E-state index is 12.3. The van der Waals surface area contributed by atoms with Crippen molar-refractivity contribution in [2.75, 3.05) is 7.11 Å². The molecule has 0 spiro atoms. The van der Waals surface area contributed by atoms with E-state index in [0.717, 1.165) is 11.1 Å². The van der Waals surface area contributed by atoms with Gasteiger partial charge in [-0.05, 0) is 24.6 Å². The van der Waals surface area contributed by atoms with E-state index in [1.807, 2.05) is 37.3 Å². The van der Waals surface area contributed by atoms with E-state index in [0.29, 0.717) is 22.8 Å².